The highest BCUT2D eigenvalue weighted by Crippen LogP contribution is 2.36. The van der Waals surface area contributed by atoms with Crippen LogP contribution in [-0.4, -0.2) is 32.6 Å². The smallest absolute Gasteiger partial charge is 0.175 e. The van der Waals surface area contributed by atoms with E-state index in [9.17, 15) is 0 Å². The van der Waals surface area contributed by atoms with Crippen molar-refractivity contribution < 1.29 is 9.47 Å². The van der Waals surface area contributed by atoms with Crippen molar-refractivity contribution in [2.24, 2.45) is 4.99 Å². The van der Waals surface area contributed by atoms with E-state index in [0.717, 1.165) is 34.7 Å². The number of benzene rings is 1. The van der Waals surface area contributed by atoms with Crippen molar-refractivity contribution in [2.75, 3.05) is 26.8 Å². The first-order valence-electron chi connectivity index (χ1n) is 5.55. The van der Waals surface area contributed by atoms with E-state index in [-0.39, 0.29) is 0 Å². The third kappa shape index (κ3) is 2.54. The molecule has 4 nitrogen and oxygen atoms in total. The van der Waals surface area contributed by atoms with Gasteiger partial charge in [0.05, 0.1) is 24.7 Å². The van der Waals surface area contributed by atoms with Crippen LogP contribution in [0.1, 0.15) is 12.5 Å². The molecule has 0 unspecified atom stereocenters. The van der Waals surface area contributed by atoms with Crippen LogP contribution in [0.3, 0.4) is 0 Å². The van der Waals surface area contributed by atoms with Gasteiger partial charge in [0.15, 0.2) is 11.5 Å². The summed E-state index contributed by atoms with van der Waals surface area (Å²) in [5.41, 5.74) is 1.01. The highest BCUT2D eigenvalue weighted by Gasteiger charge is 2.15. The van der Waals surface area contributed by atoms with Crippen LogP contribution in [-0.2, 0) is 0 Å². The number of halogens is 1. The van der Waals surface area contributed by atoms with Crippen LogP contribution in [0.4, 0.5) is 0 Å². The Morgan fingerprint density at radius 1 is 1.47 bits per heavy atom. The Morgan fingerprint density at radius 3 is 2.88 bits per heavy atom. The van der Waals surface area contributed by atoms with Crippen LogP contribution in [0, 0.1) is 0 Å². The van der Waals surface area contributed by atoms with E-state index < -0.39 is 0 Å². The van der Waals surface area contributed by atoms with Gasteiger partial charge < -0.3 is 14.8 Å². The van der Waals surface area contributed by atoms with Gasteiger partial charge >= 0.3 is 0 Å². The first-order valence-corrected chi connectivity index (χ1v) is 6.34. The average molecular weight is 299 g/mol. The van der Waals surface area contributed by atoms with Crippen molar-refractivity contribution in [3.05, 3.63) is 22.2 Å². The van der Waals surface area contributed by atoms with E-state index in [1.54, 1.807) is 7.11 Å². The highest BCUT2D eigenvalue weighted by molar-refractivity contribution is 9.10. The number of nitrogens with one attached hydrogen (secondary N) is 1. The summed E-state index contributed by atoms with van der Waals surface area (Å²) in [6.45, 7) is 4.26. The second kappa shape index (κ2) is 5.40. The Balaban J connectivity index is 2.40. The molecule has 0 aromatic heterocycles. The molecule has 0 aliphatic carbocycles. The fraction of sp³-hybridized carbons (Fsp3) is 0.417. The fourth-order valence-electron chi connectivity index (χ4n) is 1.73. The summed E-state index contributed by atoms with van der Waals surface area (Å²) < 4.78 is 11.8. The van der Waals surface area contributed by atoms with E-state index in [1.165, 1.54) is 0 Å². The molecule has 17 heavy (non-hydrogen) atoms. The van der Waals surface area contributed by atoms with E-state index in [4.69, 9.17) is 9.47 Å². The standard InChI is InChI=1S/C12H15BrN2O2/c1-3-17-11-9(13)6-8(7-10(11)16-2)12-14-4-5-15-12/h6-7H,3-5H2,1-2H3,(H,14,15). The minimum absolute atomic E-state index is 0.605. The molecule has 1 heterocycles. The monoisotopic (exact) mass is 298 g/mol. The van der Waals surface area contributed by atoms with Crippen molar-refractivity contribution in [1.29, 1.82) is 0 Å². The molecule has 1 aromatic rings. The molecule has 2 rings (SSSR count). The summed E-state index contributed by atoms with van der Waals surface area (Å²) >= 11 is 3.50. The molecule has 92 valence electrons. The zero-order valence-electron chi connectivity index (χ0n) is 9.92. The van der Waals surface area contributed by atoms with Crippen molar-refractivity contribution in [3.8, 4) is 11.5 Å². The van der Waals surface area contributed by atoms with Gasteiger partial charge in [-0.1, -0.05) is 0 Å². The number of methoxy groups -OCH3 is 1. The Hall–Kier alpha value is -1.23. The summed E-state index contributed by atoms with van der Waals surface area (Å²) in [5.74, 6) is 2.36. The van der Waals surface area contributed by atoms with Gasteiger partial charge in [-0.3, -0.25) is 4.99 Å². The van der Waals surface area contributed by atoms with Gasteiger partial charge in [0.2, 0.25) is 0 Å². The van der Waals surface area contributed by atoms with Gasteiger partial charge in [-0.25, -0.2) is 0 Å². The van der Waals surface area contributed by atoms with Gasteiger partial charge in [0.1, 0.15) is 5.84 Å². The molecule has 0 amide bonds. The Kier molecular flexibility index (Phi) is 3.89. The normalized spacial score (nSPS) is 14.2. The molecule has 0 fully saturated rings. The average Bonchev–Trinajstić information content (AvgIpc) is 2.85. The second-order valence-corrected chi connectivity index (χ2v) is 4.43. The van der Waals surface area contributed by atoms with Gasteiger partial charge in [0, 0.05) is 12.1 Å². The van der Waals surface area contributed by atoms with Crippen LogP contribution in [0.15, 0.2) is 21.6 Å². The minimum Gasteiger partial charge on any atom is -0.493 e. The van der Waals surface area contributed by atoms with Crippen LogP contribution in [0.2, 0.25) is 0 Å². The molecular formula is C12H15BrN2O2. The van der Waals surface area contributed by atoms with Crippen molar-refractivity contribution in [2.45, 2.75) is 6.92 Å². The molecule has 5 heteroatoms. The number of hydrogen-bond donors (Lipinski definition) is 1. The molecule has 1 aliphatic rings. The third-order valence-electron chi connectivity index (χ3n) is 2.47. The van der Waals surface area contributed by atoms with Crippen molar-refractivity contribution >= 4 is 21.8 Å². The third-order valence-corrected chi connectivity index (χ3v) is 3.05. The molecule has 1 N–H and O–H groups in total. The van der Waals surface area contributed by atoms with Crippen molar-refractivity contribution in [1.82, 2.24) is 5.32 Å². The SMILES string of the molecule is CCOc1c(Br)cc(C2=NCCN2)cc1OC. The molecule has 0 bridgehead atoms. The fourth-order valence-corrected chi connectivity index (χ4v) is 2.29. The number of amidine groups is 1. The molecule has 1 aromatic carbocycles. The van der Waals surface area contributed by atoms with E-state index in [2.05, 4.69) is 26.2 Å². The number of ether oxygens (including phenoxy) is 2. The zero-order chi connectivity index (χ0) is 12.3. The van der Waals surface area contributed by atoms with Gasteiger partial charge in [0.25, 0.3) is 0 Å². The summed E-state index contributed by atoms with van der Waals surface area (Å²) in [6, 6.07) is 3.93. The maximum Gasteiger partial charge on any atom is 0.175 e. The molecule has 0 spiro atoms. The molecule has 0 atom stereocenters. The minimum atomic E-state index is 0.605. The van der Waals surface area contributed by atoms with Crippen LogP contribution in [0.25, 0.3) is 0 Å². The van der Waals surface area contributed by atoms with Crippen LogP contribution >= 0.6 is 15.9 Å². The molecule has 0 radical (unpaired) electrons. The molecule has 1 aliphatic heterocycles. The lowest BCUT2D eigenvalue weighted by molar-refractivity contribution is 0.309. The summed E-state index contributed by atoms with van der Waals surface area (Å²) in [5, 5.41) is 3.24. The van der Waals surface area contributed by atoms with Crippen LogP contribution in [0.5, 0.6) is 11.5 Å². The van der Waals surface area contributed by atoms with Gasteiger partial charge in [-0.2, -0.15) is 0 Å². The van der Waals surface area contributed by atoms with E-state index in [0.29, 0.717) is 12.4 Å². The summed E-state index contributed by atoms with van der Waals surface area (Å²) in [4.78, 5) is 4.39. The lowest BCUT2D eigenvalue weighted by atomic mass is 10.2. The van der Waals surface area contributed by atoms with Crippen molar-refractivity contribution in [3.63, 3.8) is 0 Å². The van der Waals surface area contributed by atoms with Crippen LogP contribution < -0.4 is 14.8 Å². The second-order valence-electron chi connectivity index (χ2n) is 3.58. The number of hydrogen-bond acceptors (Lipinski definition) is 4. The Morgan fingerprint density at radius 2 is 2.29 bits per heavy atom. The predicted octanol–water partition coefficient (Wildman–Crippen LogP) is 2.21. The maximum atomic E-state index is 5.54. The molecule has 0 saturated carbocycles. The van der Waals surface area contributed by atoms with E-state index >= 15 is 0 Å². The highest BCUT2D eigenvalue weighted by atomic mass is 79.9. The summed E-state index contributed by atoms with van der Waals surface area (Å²) in [7, 11) is 1.64. The van der Waals surface area contributed by atoms with Gasteiger partial charge in [-0.15, -0.1) is 0 Å². The maximum absolute atomic E-state index is 5.54. The Bertz CT molecular complexity index is 446. The van der Waals surface area contributed by atoms with Gasteiger partial charge in [-0.05, 0) is 35.0 Å². The zero-order valence-corrected chi connectivity index (χ0v) is 11.5. The number of rotatable bonds is 4. The molecule has 0 saturated heterocycles. The van der Waals surface area contributed by atoms with E-state index in [1.807, 2.05) is 19.1 Å². The lowest BCUT2D eigenvalue weighted by Crippen LogP contribution is -2.19. The quantitative estimate of drug-likeness (QED) is 0.927. The number of nitrogens with zero attached hydrogens (tertiary/aromatic N) is 1. The lowest BCUT2D eigenvalue weighted by Gasteiger charge is -2.13. The Labute approximate surface area is 109 Å². The molecular weight excluding hydrogens is 284 g/mol. The first kappa shape index (κ1) is 12.2. The largest absolute Gasteiger partial charge is 0.493 e. The predicted molar refractivity (Wildman–Crippen MR) is 71.3 cm³/mol. The number of aliphatic imine (C=N–C) groups is 1. The first-order chi connectivity index (χ1) is 8.26. The summed E-state index contributed by atoms with van der Waals surface area (Å²) in [6.07, 6.45) is 0. The topological polar surface area (TPSA) is 42.8 Å².